The number of halogens is 1. The Morgan fingerprint density at radius 1 is 1.10 bits per heavy atom. The number of nitrogens with zero attached hydrogens (tertiary/aromatic N) is 3. The number of aromatic nitrogens is 3. The molecule has 5 rings (SSSR count). The van der Waals surface area contributed by atoms with Crippen LogP contribution < -0.4 is 11.4 Å². The first-order valence-corrected chi connectivity index (χ1v) is 10.6. The molecule has 31 heavy (non-hydrogen) atoms. The van der Waals surface area contributed by atoms with Crippen molar-refractivity contribution >= 4 is 39.6 Å². The van der Waals surface area contributed by atoms with Crippen molar-refractivity contribution in [2.45, 2.75) is 31.8 Å². The molecule has 1 fully saturated rings. The summed E-state index contributed by atoms with van der Waals surface area (Å²) < 4.78 is 8.49. The van der Waals surface area contributed by atoms with Crippen molar-refractivity contribution in [3.8, 4) is 0 Å². The van der Waals surface area contributed by atoms with E-state index in [9.17, 15) is 14.4 Å². The maximum absolute atomic E-state index is 12.8. The molecule has 0 saturated carbocycles. The van der Waals surface area contributed by atoms with Crippen molar-refractivity contribution in [1.29, 1.82) is 0 Å². The van der Waals surface area contributed by atoms with Crippen LogP contribution in [0.5, 0.6) is 0 Å². The molecule has 4 aromatic rings. The summed E-state index contributed by atoms with van der Waals surface area (Å²) in [6, 6.07) is 12.7. The van der Waals surface area contributed by atoms with Crippen LogP contribution in [0.4, 0.5) is 0 Å². The number of nitrogens with one attached hydrogen (secondary N) is 1. The second-order valence-corrected chi connectivity index (χ2v) is 8.25. The van der Waals surface area contributed by atoms with Gasteiger partial charge in [-0.1, -0.05) is 23.7 Å². The van der Waals surface area contributed by atoms with Gasteiger partial charge in [0.15, 0.2) is 5.58 Å². The SMILES string of the molecule is O=C(CCn1c(=O)oc2cc(Cl)ccc21)N1CCC(n2c(=O)[nH]c3ccccc32)CC1. The number of rotatable bonds is 4. The molecule has 1 saturated heterocycles. The van der Waals surface area contributed by atoms with E-state index < -0.39 is 5.76 Å². The van der Waals surface area contributed by atoms with Crippen LogP contribution in [0, 0.1) is 0 Å². The molecule has 1 N–H and O–H groups in total. The van der Waals surface area contributed by atoms with Crippen molar-refractivity contribution in [2.75, 3.05) is 13.1 Å². The summed E-state index contributed by atoms with van der Waals surface area (Å²) >= 11 is 5.94. The Kier molecular flexibility index (Phi) is 4.94. The molecular formula is C22H21ClN4O4. The number of carbonyl (C=O) groups is 1. The summed E-state index contributed by atoms with van der Waals surface area (Å²) in [5.41, 5.74) is 2.64. The first-order chi connectivity index (χ1) is 15.0. The van der Waals surface area contributed by atoms with Crippen LogP contribution in [0.1, 0.15) is 25.3 Å². The van der Waals surface area contributed by atoms with Gasteiger partial charge in [-0.25, -0.2) is 9.59 Å². The number of para-hydroxylation sites is 2. The third kappa shape index (κ3) is 3.57. The van der Waals surface area contributed by atoms with Gasteiger partial charge in [-0.15, -0.1) is 0 Å². The number of amides is 1. The van der Waals surface area contributed by atoms with Crippen molar-refractivity contribution in [3.63, 3.8) is 0 Å². The molecule has 9 heteroatoms. The van der Waals surface area contributed by atoms with Gasteiger partial charge >= 0.3 is 11.4 Å². The molecule has 0 aliphatic carbocycles. The van der Waals surface area contributed by atoms with Crippen molar-refractivity contribution < 1.29 is 9.21 Å². The van der Waals surface area contributed by atoms with E-state index in [0.717, 1.165) is 11.0 Å². The molecule has 0 radical (unpaired) electrons. The van der Waals surface area contributed by atoms with Gasteiger partial charge in [0.2, 0.25) is 5.91 Å². The first-order valence-electron chi connectivity index (χ1n) is 10.3. The third-order valence-electron chi connectivity index (χ3n) is 5.99. The van der Waals surface area contributed by atoms with Crippen LogP contribution in [0.15, 0.2) is 56.5 Å². The van der Waals surface area contributed by atoms with Gasteiger partial charge in [-0.2, -0.15) is 0 Å². The Labute approximate surface area is 181 Å². The van der Waals surface area contributed by atoms with Crippen LogP contribution >= 0.6 is 11.6 Å². The van der Waals surface area contributed by atoms with E-state index in [1.54, 1.807) is 27.7 Å². The number of benzene rings is 2. The van der Waals surface area contributed by atoms with Gasteiger partial charge in [-0.3, -0.25) is 13.9 Å². The minimum atomic E-state index is -0.498. The van der Waals surface area contributed by atoms with Gasteiger partial charge in [0.1, 0.15) is 0 Å². The van der Waals surface area contributed by atoms with E-state index in [-0.39, 0.29) is 30.6 Å². The average molecular weight is 441 g/mol. The molecule has 0 spiro atoms. The van der Waals surface area contributed by atoms with Gasteiger partial charge < -0.3 is 14.3 Å². The Balaban J connectivity index is 1.25. The van der Waals surface area contributed by atoms with Crippen molar-refractivity contribution in [1.82, 2.24) is 19.0 Å². The van der Waals surface area contributed by atoms with E-state index >= 15 is 0 Å². The second kappa shape index (κ2) is 7.77. The van der Waals surface area contributed by atoms with Crippen LogP contribution in [-0.2, 0) is 11.3 Å². The van der Waals surface area contributed by atoms with Gasteiger partial charge in [0.25, 0.3) is 0 Å². The molecular weight excluding hydrogens is 420 g/mol. The van der Waals surface area contributed by atoms with E-state index in [2.05, 4.69) is 4.98 Å². The minimum absolute atomic E-state index is 0.0139. The Morgan fingerprint density at radius 3 is 2.68 bits per heavy atom. The molecule has 1 amide bonds. The van der Waals surface area contributed by atoms with Crippen LogP contribution in [-0.4, -0.2) is 38.0 Å². The molecule has 0 bridgehead atoms. The maximum Gasteiger partial charge on any atom is 0.419 e. The van der Waals surface area contributed by atoms with E-state index in [0.29, 0.717) is 42.1 Å². The lowest BCUT2D eigenvalue weighted by molar-refractivity contribution is -0.132. The second-order valence-electron chi connectivity index (χ2n) is 7.81. The largest absolute Gasteiger partial charge is 0.419 e. The zero-order valence-electron chi connectivity index (χ0n) is 16.7. The number of hydrogen-bond donors (Lipinski definition) is 1. The molecule has 2 aromatic heterocycles. The summed E-state index contributed by atoms with van der Waals surface area (Å²) in [4.78, 5) is 42.0. The zero-order valence-corrected chi connectivity index (χ0v) is 17.5. The van der Waals surface area contributed by atoms with Crippen LogP contribution in [0.25, 0.3) is 22.1 Å². The van der Waals surface area contributed by atoms with Crippen LogP contribution in [0.3, 0.4) is 0 Å². The number of aryl methyl sites for hydroxylation is 1. The summed E-state index contributed by atoms with van der Waals surface area (Å²) in [7, 11) is 0. The summed E-state index contributed by atoms with van der Waals surface area (Å²) in [5.74, 6) is -0.512. The maximum atomic E-state index is 12.8. The lowest BCUT2D eigenvalue weighted by Crippen LogP contribution is -2.41. The lowest BCUT2D eigenvalue weighted by Gasteiger charge is -2.32. The zero-order chi connectivity index (χ0) is 21.5. The molecule has 2 aromatic carbocycles. The van der Waals surface area contributed by atoms with Gasteiger partial charge in [-0.05, 0) is 37.1 Å². The lowest BCUT2D eigenvalue weighted by atomic mass is 10.0. The molecule has 1 aliphatic rings. The fourth-order valence-electron chi connectivity index (χ4n) is 4.43. The number of oxazole rings is 1. The summed E-state index contributed by atoms with van der Waals surface area (Å²) in [6.07, 6.45) is 1.62. The van der Waals surface area contributed by atoms with E-state index in [1.165, 1.54) is 4.57 Å². The number of H-pyrrole nitrogens is 1. The Hall–Kier alpha value is -3.26. The van der Waals surface area contributed by atoms with E-state index in [4.69, 9.17) is 16.0 Å². The smallest absolute Gasteiger partial charge is 0.408 e. The minimum Gasteiger partial charge on any atom is -0.408 e. The predicted octanol–water partition coefficient (Wildman–Crippen LogP) is 3.14. The highest BCUT2D eigenvalue weighted by Gasteiger charge is 2.26. The molecule has 8 nitrogen and oxygen atoms in total. The molecule has 0 atom stereocenters. The molecule has 3 heterocycles. The number of hydrogen-bond acceptors (Lipinski definition) is 4. The van der Waals surface area contributed by atoms with Crippen molar-refractivity contribution in [2.24, 2.45) is 0 Å². The fraction of sp³-hybridized carbons (Fsp3) is 0.318. The quantitative estimate of drug-likeness (QED) is 0.527. The number of aromatic amines is 1. The molecule has 0 unspecified atom stereocenters. The molecule has 160 valence electrons. The highest BCUT2D eigenvalue weighted by Crippen LogP contribution is 2.25. The monoisotopic (exact) mass is 440 g/mol. The van der Waals surface area contributed by atoms with E-state index in [1.807, 2.05) is 24.3 Å². The number of likely N-dealkylation sites (tertiary alicyclic amines) is 1. The number of imidazole rings is 1. The van der Waals surface area contributed by atoms with Gasteiger partial charge in [0, 0.05) is 43.2 Å². The predicted molar refractivity (Wildman–Crippen MR) is 118 cm³/mol. The number of carbonyl (C=O) groups excluding carboxylic acids is 1. The topological polar surface area (TPSA) is 93.2 Å². The Morgan fingerprint density at radius 2 is 1.87 bits per heavy atom. The van der Waals surface area contributed by atoms with Crippen LogP contribution in [0.2, 0.25) is 5.02 Å². The molecule has 1 aliphatic heterocycles. The standard InChI is InChI=1S/C22H21ClN4O4/c23-14-5-6-18-19(13-14)31-22(30)26(18)12-9-20(28)25-10-7-15(8-11-25)27-17-4-2-1-3-16(17)24-21(27)29/h1-6,13,15H,7-12H2,(H,24,29). The number of piperidine rings is 1. The highest BCUT2D eigenvalue weighted by molar-refractivity contribution is 6.31. The first kappa shape index (κ1) is 19.7. The average Bonchev–Trinajstić information content (AvgIpc) is 3.26. The summed E-state index contributed by atoms with van der Waals surface area (Å²) in [5, 5.41) is 0.488. The highest BCUT2D eigenvalue weighted by atomic mass is 35.5. The third-order valence-corrected chi connectivity index (χ3v) is 6.22. The summed E-state index contributed by atoms with van der Waals surface area (Å²) in [6.45, 7) is 1.40. The fourth-order valence-corrected chi connectivity index (χ4v) is 4.59. The number of fused-ring (bicyclic) bond motifs is 2. The van der Waals surface area contributed by atoms with Crippen molar-refractivity contribution in [3.05, 3.63) is 68.5 Å². The normalized spacial score (nSPS) is 15.2. The Bertz CT molecular complexity index is 1390. The van der Waals surface area contributed by atoms with Gasteiger partial charge in [0.05, 0.1) is 16.6 Å².